The Labute approximate surface area is 100 Å². The highest BCUT2D eigenvalue weighted by molar-refractivity contribution is 5.16. The summed E-state index contributed by atoms with van der Waals surface area (Å²) in [6.07, 6.45) is 0.0302. The third kappa shape index (κ3) is 3.15. The van der Waals surface area contributed by atoms with Crippen LogP contribution in [0.1, 0.15) is 30.0 Å². The number of ether oxygens (including phenoxy) is 1. The largest absolute Gasteiger partial charge is 0.366 e. The monoisotopic (exact) mass is 232 g/mol. The average Bonchev–Trinajstić information content (AvgIpc) is 2.85. The zero-order valence-corrected chi connectivity index (χ0v) is 9.80. The van der Waals surface area contributed by atoms with E-state index in [1.165, 1.54) is 0 Å². The minimum Gasteiger partial charge on any atom is -0.366 e. The van der Waals surface area contributed by atoms with Crippen molar-refractivity contribution in [2.24, 2.45) is 5.73 Å². The molecule has 0 saturated heterocycles. The first-order valence-electron chi connectivity index (χ1n) is 5.60. The number of aromatic nitrogens is 1. The highest BCUT2D eigenvalue weighted by atomic mass is 16.5. The molecule has 0 aliphatic carbocycles. The third-order valence-corrected chi connectivity index (χ3v) is 2.56. The molecule has 0 fully saturated rings. The predicted molar refractivity (Wildman–Crippen MR) is 64.0 cm³/mol. The number of nitrogens with two attached hydrogens (primary N) is 1. The molecule has 0 spiro atoms. The van der Waals surface area contributed by atoms with E-state index in [2.05, 4.69) is 5.16 Å². The van der Waals surface area contributed by atoms with Gasteiger partial charge in [-0.2, -0.15) is 0 Å². The summed E-state index contributed by atoms with van der Waals surface area (Å²) in [5, 5.41) is 3.81. The molecule has 1 unspecified atom stereocenters. The maximum atomic E-state index is 5.70. The fraction of sp³-hybridized carbons (Fsp3) is 0.308. The molecule has 0 aliphatic heterocycles. The summed E-state index contributed by atoms with van der Waals surface area (Å²) in [5.74, 6) is 0.702. The Balaban J connectivity index is 1.90. The fourth-order valence-electron chi connectivity index (χ4n) is 1.55. The van der Waals surface area contributed by atoms with Gasteiger partial charge < -0.3 is 15.0 Å². The number of hydrogen-bond donors (Lipinski definition) is 1. The highest BCUT2D eigenvalue weighted by Gasteiger charge is 2.08. The molecule has 4 heteroatoms. The summed E-state index contributed by atoms with van der Waals surface area (Å²) in [6, 6.07) is 11.9. The third-order valence-electron chi connectivity index (χ3n) is 2.56. The van der Waals surface area contributed by atoms with Gasteiger partial charge in [0.05, 0.1) is 11.8 Å². The van der Waals surface area contributed by atoms with E-state index in [1.807, 2.05) is 43.3 Å². The van der Waals surface area contributed by atoms with Crippen molar-refractivity contribution in [1.29, 1.82) is 0 Å². The van der Waals surface area contributed by atoms with Gasteiger partial charge in [0, 0.05) is 12.6 Å². The molecule has 0 bridgehead atoms. The lowest BCUT2D eigenvalue weighted by molar-refractivity contribution is 0.0390. The lowest BCUT2D eigenvalue weighted by Crippen LogP contribution is -1.99. The summed E-state index contributed by atoms with van der Waals surface area (Å²) < 4.78 is 10.8. The van der Waals surface area contributed by atoms with Crippen molar-refractivity contribution in [2.75, 3.05) is 0 Å². The van der Waals surface area contributed by atoms with E-state index in [9.17, 15) is 0 Å². The molecule has 2 N–H and O–H groups in total. The van der Waals surface area contributed by atoms with E-state index in [0.717, 1.165) is 11.3 Å². The van der Waals surface area contributed by atoms with Crippen LogP contribution in [-0.2, 0) is 17.9 Å². The molecule has 0 aliphatic rings. The molecule has 0 saturated carbocycles. The van der Waals surface area contributed by atoms with Gasteiger partial charge in [0.15, 0.2) is 5.76 Å². The number of rotatable bonds is 5. The van der Waals surface area contributed by atoms with Crippen molar-refractivity contribution in [2.45, 2.75) is 26.2 Å². The number of benzene rings is 1. The van der Waals surface area contributed by atoms with Crippen LogP contribution in [0.4, 0.5) is 0 Å². The van der Waals surface area contributed by atoms with Crippen LogP contribution in [-0.4, -0.2) is 5.16 Å². The minimum atomic E-state index is 0.0302. The second-order valence-corrected chi connectivity index (χ2v) is 3.85. The molecular formula is C13H16N2O2. The van der Waals surface area contributed by atoms with Gasteiger partial charge in [-0.1, -0.05) is 35.5 Å². The Hall–Kier alpha value is -1.65. The highest BCUT2D eigenvalue weighted by Crippen LogP contribution is 2.18. The average molecular weight is 232 g/mol. The fourth-order valence-corrected chi connectivity index (χ4v) is 1.55. The van der Waals surface area contributed by atoms with E-state index < -0.39 is 0 Å². The predicted octanol–water partition coefficient (Wildman–Crippen LogP) is 2.41. The SMILES string of the molecule is CC(OCc1cc(CN)no1)c1ccccc1. The van der Waals surface area contributed by atoms with Crippen LogP contribution < -0.4 is 5.73 Å². The van der Waals surface area contributed by atoms with E-state index >= 15 is 0 Å². The topological polar surface area (TPSA) is 61.3 Å². The van der Waals surface area contributed by atoms with Gasteiger partial charge in [0.1, 0.15) is 6.61 Å². The lowest BCUT2D eigenvalue weighted by atomic mass is 10.1. The first-order valence-corrected chi connectivity index (χ1v) is 5.60. The molecule has 1 atom stereocenters. The van der Waals surface area contributed by atoms with Crippen molar-refractivity contribution in [3.63, 3.8) is 0 Å². The zero-order valence-electron chi connectivity index (χ0n) is 9.80. The number of nitrogens with zero attached hydrogens (tertiary/aromatic N) is 1. The second-order valence-electron chi connectivity index (χ2n) is 3.85. The van der Waals surface area contributed by atoms with E-state index in [-0.39, 0.29) is 6.10 Å². The normalized spacial score (nSPS) is 12.6. The van der Waals surface area contributed by atoms with Crippen LogP contribution in [0.3, 0.4) is 0 Å². The number of hydrogen-bond acceptors (Lipinski definition) is 4. The summed E-state index contributed by atoms with van der Waals surface area (Å²) >= 11 is 0. The Bertz CT molecular complexity index is 453. The quantitative estimate of drug-likeness (QED) is 0.860. The Morgan fingerprint density at radius 2 is 2.12 bits per heavy atom. The molecular weight excluding hydrogens is 216 g/mol. The van der Waals surface area contributed by atoms with Crippen LogP contribution >= 0.6 is 0 Å². The van der Waals surface area contributed by atoms with Crippen molar-refractivity contribution < 1.29 is 9.26 Å². The molecule has 90 valence electrons. The van der Waals surface area contributed by atoms with Crippen molar-refractivity contribution >= 4 is 0 Å². The molecule has 1 aromatic carbocycles. The van der Waals surface area contributed by atoms with Gasteiger partial charge in [0.2, 0.25) is 0 Å². The Morgan fingerprint density at radius 1 is 1.35 bits per heavy atom. The Kier molecular flexibility index (Phi) is 3.90. The first kappa shape index (κ1) is 11.8. The van der Waals surface area contributed by atoms with Crippen LogP contribution in [0.25, 0.3) is 0 Å². The lowest BCUT2D eigenvalue weighted by Gasteiger charge is -2.11. The van der Waals surface area contributed by atoms with Gasteiger partial charge in [-0.25, -0.2) is 0 Å². The van der Waals surface area contributed by atoms with Crippen molar-refractivity contribution in [1.82, 2.24) is 5.16 Å². The van der Waals surface area contributed by atoms with Gasteiger partial charge in [-0.3, -0.25) is 0 Å². The van der Waals surface area contributed by atoms with Crippen LogP contribution in [0.15, 0.2) is 40.9 Å². The molecule has 2 aromatic rings. The smallest absolute Gasteiger partial charge is 0.162 e. The molecule has 0 amide bonds. The minimum absolute atomic E-state index is 0.0302. The van der Waals surface area contributed by atoms with Crippen LogP contribution in [0.5, 0.6) is 0 Å². The molecule has 1 heterocycles. The van der Waals surface area contributed by atoms with E-state index in [4.69, 9.17) is 15.0 Å². The van der Waals surface area contributed by atoms with Gasteiger partial charge in [0.25, 0.3) is 0 Å². The van der Waals surface area contributed by atoms with E-state index in [0.29, 0.717) is 18.9 Å². The Morgan fingerprint density at radius 3 is 2.76 bits per heavy atom. The van der Waals surface area contributed by atoms with Crippen LogP contribution in [0, 0.1) is 0 Å². The zero-order chi connectivity index (χ0) is 12.1. The molecule has 0 radical (unpaired) electrons. The standard InChI is InChI=1S/C13H16N2O2/c1-10(11-5-3-2-4-6-11)16-9-13-7-12(8-14)15-17-13/h2-7,10H,8-9,14H2,1H3. The maximum Gasteiger partial charge on any atom is 0.162 e. The van der Waals surface area contributed by atoms with Crippen molar-refractivity contribution in [3.05, 3.63) is 53.4 Å². The first-order chi connectivity index (χ1) is 8.29. The van der Waals surface area contributed by atoms with Crippen molar-refractivity contribution in [3.8, 4) is 0 Å². The maximum absolute atomic E-state index is 5.70. The van der Waals surface area contributed by atoms with Gasteiger partial charge >= 0.3 is 0 Å². The summed E-state index contributed by atoms with van der Waals surface area (Å²) in [4.78, 5) is 0. The van der Waals surface area contributed by atoms with Crippen LogP contribution in [0.2, 0.25) is 0 Å². The molecule has 17 heavy (non-hydrogen) atoms. The summed E-state index contributed by atoms with van der Waals surface area (Å²) in [7, 11) is 0. The van der Waals surface area contributed by atoms with E-state index in [1.54, 1.807) is 0 Å². The second kappa shape index (κ2) is 5.61. The molecule has 1 aromatic heterocycles. The molecule has 4 nitrogen and oxygen atoms in total. The van der Waals surface area contributed by atoms with Gasteiger partial charge in [-0.05, 0) is 12.5 Å². The summed E-state index contributed by atoms with van der Waals surface area (Å²) in [6.45, 7) is 2.80. The van der Waals surface area contributed by atoms with Gasteiger partial charge in [-0.15, -0.1) is 0 Å². The summed E-state index contributed by atoms with van der Waals surface area (Å²) in [5.41, 5.74) is 7.34. The molecule has 2 rings (SSSR count).